The van der Waals surface area contributed by atoms with Crippen molar-refractivity contribution in [3.8, 4) is 5.75 Å². The van der Waals surface area contributed by atoms with Gasteiger partial charge >= 0.3 is 0 Å². The Hall–Kier alpha value is -1.28. The van der Waals surface area contributed by atoms with Crippen molar-refractivity contribution < 1.29 is 9.84 Å². The molecule has 0 aromatic heterocycles. The number of hydrogen-bond acceptors (Lipinski definition) is 2. The van der Waals surface area contributed by atoms with Gasteiger partial charge in [0.15, 0.2) is 0 Å². The van der Waals surface area contributed by atoms with Crippen molar-refractivity contribution in [2.24, 2.45) is 0 Å². The van der Waals surface area contributed by atoms with Gasteiger partial charge < -0.3 is 9.84 Å². The van der Waals surface area contributed by atoms with E-state index in [1.165, 1.54) is 12.8 Å². The van der Waals surface area contributed by atoms with Crippen LogP contribution in [-0.4, -0.2) is 11.2 Å². The largest absolute Gasteiger partial charge is 0.486 e. The normalized spacial score (nSPS) is 21.8. The fraction of sp³-hybridized carbons (Fsp3) is 0.429. The summed E-state index contributed by atoms with van der Waals surface area (Å²) in [6, 6.07) is 7.66. The van der Waals surface area contributed by atoms with E-state index in [9.17, 15) is 5.11 Å². The Morgan fingerprint density at radius 1 is 1.31 bits per heavy atom. The number of allylic oxidation sites excluding steroid dienone is 1. The molecule has 1 aromatic carbocycles. The van der Waals surface area contributed by atoms with Crippen molar-refractivity contribution in [3.63, 3.8) is 0 Å². The standard InChI is InChI=1S/C14H18O2/c1-11(15)12-7-9-14(10-8-12)16-13-5-3-2-4-6-13/h3,5,7-11,13,15H,2,4,6H2,1H3/t11-,13?/m0/s1. The first kappa shape index (κ1) is 11.2. The molecule has 0 aliphatic heterocycles. The summed E-state index contributed by atoms with van der Waals surface area (Å²) < 4.78 is 5.82. The minimum atomic E-state index is -0.413. The van der Waals surface area contributed by atoms with Gasteiger partial charge in [-0.2, -0.15) is 0 Å². The van der Waals surface area contributed by atoms with Crippen LogP contribution >= 0.6 is 0 Å². The van der Waals surface area contributed by atoms with Gasteiger partial charge in [-0.3, -0.25) is 0 Å². The van der Waals surface area contributed by atoms with Gasteiger partial charge in [-0.1, -0.05) is 18.2 Å². The first-order valence-corrected chi connectivity index (χ1v) is 5.87. The van der Waals surface area contributed by atoms with Gasteiger partial charge in [0.05, 0.1) is 6.10 Å². The van der Waals surface area contributed by atoms with Gasteiger partial charge in [-0.25, -0.2) is 0 Å². The molecule has 2 rings (SSSR count). The lowest BCUT2D eigenvalue weighted by atomic mass is 10.1. The molecule has 1 aliphatic rings. The number of aliphatic hydroxyl groups excluding tert-OH is 1. The second kappa shape index (κ2) is 5.17. The smallest absolute Gasteiger partial charge is 0.120 e. The van der Waals surface area contributed by atoms with Crippen molar-refractivity contribution in [2.45, 2.75) is 38.4 Å². The highest BCUT2D eigenvalue weighted by Gasteiger charge is 2.09. The first-order chi connectivity index (χ1) is 7.75. The summed E-state index contributed by atoms with van der Waals surface area (Å²) in [6.07, 6.45) is 7.57. The molecule has 2 heteroatoms. The van der Waals surface area contributed by atoms with Crippen molar-refractivity contribution in [2.75, 3.05) is 0 Å². The highest BCUT2D eigenvalue weighted by atomic mass is 16.5. The molecule has 0 saturated heterocycles. The molecule has 0 heterocycles. The van der Waals surface area contributed by atoms with E-state index in [0.717, 1.165) is 17.7 Å². The van der Waals surface area contributed by atoms with E-state index in [1.54, 1.807) is 6.92 Å². The zero-order chi connectivity index (χ0) is 11.4. The fourth-order valence-corrected chi connectivity index (χ4v) is 1.88. The van der Waals surface area contributed by atoms with Gasteiger partial charge in [-0.15, -0.1) is 0 Å². The van der Waals surface area contributed by atoms with Gasteiger partial charge in [0.1, 0.15) is 11.9 Å². The highest BCUT2D eigenvalue weighted by molar-refractivity contribution is 5.28. The highest BCUT2D eigenvalue weighted by Crippen LogP contribution is 2.21. The number of benzene rings is 1. The summed E-state index contributed by atoms with van der Waals surface area (Å²) in [4.78, 5) is 0. The van der Waals surface area contributed by atoms with Crippen LogP contribution in [0.1, 0.15) is 37.9 Å². The lowest BCUT2D eigenvalue weighted by Gasteiger charge is -2.18. The second-order valence-corrected chi connectivity index (χ2v) is 4.26. The van der Waals surface area contributed by atoms with E-state index in [-0.39, 0.29) is 6.10 Å². The van der Waals surface area contributed by atoms with Crippen LogP contribution in [0.15, 0.2) is 36.4 Å². The number of ether oxygens (including phenoxy) is 1. The molecule has 86 valence electrons. The van der Waals surface area contributed by atoms with Crippen LogP contribution < -0.4 is 4.74 Å². The maximum Gasteiger partial charge on any atom is 0.120 e. The molecule has 1 unspecified atom stereocenters. The topological polar surface area (TPSA) is 29.5 Å². The Bertz CT molecular complexity index is 352. The Labute approximate surface area is 96.6 Å². The molecule has 0 bridgehead atoms. The maximum absolute atomic E-state index is 9.38. The molecule has 0 radical (unpaired) electrons. The summed E-state index contributed by atoms with van der Waals surface area (Å²) in [5.41, 5.74) is 0.923. The summed E-state index contributed by atoms with van der Waals surface area (Å²) in [6.45, 7) is 1.76. The average Bonchev–Trinajstić information content (AvgIpc) is 2.31. The summed E-state index contributed by atoms with van der Waals surface area (Å²) in [5, 5.41) is 9.38. The lowest BCUT2D eigenvalue weighted by molar-refractivity contribution is 0.198. The van der Waals surface area contributed by atoms with Crippen LogP contribution in [0.5, 0.6) is 5.75 Å². The van der Waals surface area contributed by atoms with Gasteiger partial charge in [0.25, 0.3) is 0 Å². The van der Waals surface area contributed by atoms with Gasteiger partial charge in [0.2, 0.25) is 0 Å². The molecule has 0 saturated carbocycles. The molecule has 0 amide bonds. The number of rotatable bonds is 3. The monoisotopic (exact) mass is 218 g/mol. The second-order valence-electron chi connectivity index (χ2n) is 4.26. The Kier molecular flexibility index (Phi) is 3.62. The van der Waals surface area contributed by atoms with Crippen molar-refractivity contribution in [1.29, 1.82) is 0 Å². The Morgan fingerprint density at radius 2 is 2.06 bits per heavy atom. The lowest BCUT2D eigenvalue weighted by Crippen LogP contribution is -2.15. The fourth-order valence-electron chi connectivity index (χ4n) is 1.88. The SMILES string of the molecule is C[C@H](O)c1ccc(OC2C=CCCC2)cc1. The van der Waals surface area contributed by atoms with Gasteiger partial charge in [0, 0.05) is 0 Å². The average molecular weight is 218 g/mol. The van der Waals surface area contributed by atoms with Crippen LogP contribution in [0.4, 0.5) is 0 Å². The quantitative estimate of drug-likeness (QED) is 0.789. The third kappa shape index (κ3) is 2.86. The van der Waals surface area contributed by atoms with E-state index in [4.69, 9.17) is 4.74 Å². The van der Waals surface area contributed by atoms with Gasteiger partial charge in [-0.05, 0) is 50.0 Å². The van der Waals surface area contributed by atoms with Crippen LogP contribution in [0, 0.1) is 0 Å². The van der Waals surface area contributed by atoms with E-state index >= 15 is 0 Å². The molecule has 1 aliphatic carbocycles. The van der Waals surface area contributed by atoms with Crippen molar-refractivity contribution in [3.05, 3.63) is 42.0 Å². The molecule has 2 nitrogen and oxygen atoms in total. The van der Waals surface area contributed by atoms with E-state index in [0.29, 0.717) is 0 Å². The third-order valence-electron chi connectivity index (χ3n) is 2.86. The molecule has 0 fully saturated rings. The zero-order valence-electron chi connectivity index (χ0n) is 9.60. The number of hydrogen-bond donors (Lipinski definition) is 1. The zero-order valence-corrected chi connectivity index (χ0v) is 9.60. The minimum absolute atomic E-state index is 0.214. The summed E-state index contributed by atoms with van der Waals surface area (Å²) in [5.74, 6) is 0.876. The van der Waals surface area contributed by atoms with Crippen molar-refractivity contribution >= 4 is 0 Å². The first-order valence-electron chi connectivity index (χ1n) is 5.87. The molecular weight excluding hydrogens is 200 g/mol. The van der Waals surface area contributed by atoms with Crippen molar-refractivity contribution in [1.82, 2.24) is 0 Å². The van der Waals surface area contributed by atoms with Crippen LogP contribution in [0.2, 0.25) is 0 Å². The van der Waals surface area contributed by atoms with Crippen LogP contribution in [0.3, 0.4) is 0 Å². The molecular formula is C14H18O2. The molecule has 2 atom stereocenters. The van der Waals surface area contributed by atoms with E-state index < -0.39 is 6.10 Å². The molecule has 0 spiro atoms. The van der Waals surface area contributed by atoms with E-state index in [1.807, 2.05) is 24.3 Å². The van der Waals surface area contributed by atoms with Crippen LogP contribution in [0.25, 0.3) is 0 Å². The van der Waals surface area contributed by atoms with Crippen LogP contribution in [-0.2, 0) is 0 Å². The molecule has 1 N–H and O–H groups in total. The predicted octanol–water partition coefficient (Wildman–Crippen LogP) is 3.23. The summed E-state index contributed by atoms with van der Waals surface area (Å²) in [7, 11) is 0. The molecule has 1 aromatic rings. The predicted molar refractivity (Wildman–Crippen MR) is 64.5 cm³/mol. The van der Waals surface area contributed by atoms with E-state index in [2.05, 4.69) is 12.2 Å². The Balaban J connectivity index is 1.99. The Morgan fingerprint density at radius 3 is 2.62 bits per heavy atom. The molecule has 16 heavy (non-hydrogen) atoms. The summed E-state index contributed by atoms with van der Waals surface area (Å²) >= 11 is 0. The maximum atomic E-state index is 9.38. The third-order valence-corrected chi connectivity index (χ3v) is 2.86. The number of aliphatic hydroxyl groups is 1. The minimum Gasteiger partial charge on any atom is -0.486 e.